The van der Waals surface area contributed by atoms with Crippen LogP contribution in [0.1, 0.15) is 52.8 Å². The van der Waals surface area contributed by atoms with Crippen molar-refractivity contribution in [1.29, 1.82) is 0 Å². The van der Waals surface area contributed by atoms with Crippen LogP contribution in [0.25, 0.3) is 0 Å². The summed E-state index contributed by atoms with van der Waals surface area (Å²) in [7, 11) is 1.65. The monoisotopic (exact) mass is 389 g/mol. The Labute approximate surface area is 162 Å². The zero-order valence-electron chi connectivity index (χ0n) is 15.8. The van der Waals surface area contributed by atoms with Crippen LogP contribution in [0.4, 0.5) is 5.69 Å². The minimum atomic E-state index is -0.647. The van der Waals surface area contributed by atoms with Crippen LogP contribution in [0.15, 0.2) is 18.2 Å². The van der Waals surface area contributed by atoms with Crippen LogP contribution in [0.2, 0.25) is 0 Å². The van der Waals surface area contributed by atoms with Crippen LogP contribution >= 0.6 is 0 Å². The highest BCUT2D eigenvalue weighted by Gasteiger charge is 2.40. The average Bonchev–Trinajstić information content (AvgIpc) is 3.26. The van der Waals surface area contributed by atoms with Gasteiger partial charge in [-0.05, 0) is 25.3 Å². The molecule has 9 nitrogen and oxygen atoms in total. The van der Waals surface area contributed by atoms with E-state index < -0.39 is 16.7 Å². The first kappa shape index (κ1) is 19.9. The van der Waals surface area contributed by atoms with Gasteiger partial charge in [0.25, 0.3) is 17.5 Å². The molecular weight excluding hydrogens is 366 g/mol. The average molecular weight is 389 g/mol. The number of unbranched alkanes of at least 4 members (excludes halogenated alkanes) is 2. The summed E-state index contributed by atoms with van der Waals surface area (Å²) < 4.78 is 5.26. The van der Waals surface area contributed by atoms with Gasteiger partial charge in [0.2, 0.25) is 5.91 Å². The van der Waals surface area contributed by atoms with E-state index >= 15 is 0 Å². The molecule has 2 aliphatic rings. The molecule has 3 amide bonds. The normalized spacial score (nSPS) is 18.7. The fourth-order valence-electron chi connectivity index (χ4n) is 3.70. The number of nitrogens with zero attached hydrogens (tertiary/aromatic N) is 3. The number of fused-ring (bicyclic) bond motifs is 1. The Morgan fingerprint density at radius 2 is 2.04 bits per heavy atom. The molecular formula is C19H23N3O6. The molecule has 28 heavy (non-hydrogen) atoms. The first-order chi connectivity index (χ1) is 13.4. The van der Waals surface area contributed by atoms with Gasteiger partial charge < -0.3 is 9.64 Å². The molecule has 0 N–H and O–H groups in total. The molecule has 0 aromatic heterocycles. The lowest BCUT2D eigenvalue weighted by atomic mass is 10.1. The summed E-state index contributed by atoms with van der Waals surface area (Å²) >= 11 is 0. The largest absolute Gasteiger partial charge is 0.380 e. The lowest BCUT2D eigenvalue weighted by Gasteiger charge is -2.16. The number of likely N-dealkylation sites (tertiary alicyclic amines) is 1. The van der Waals surface area contributed by atoms with Crippen molar-refractivity contribution in [2.24, 2.45) is 0 Å². The van der Waals surface area contributed by atoms with Crippen molar-refractivity contribution < 1.29 is 24.0 Å². The molecule has 1 fully saturated rings. The predicted molar refractivity (Wildman–Crippen MR) is 98.9 cm³/mol. The maximum absolute atomic E-state index is 12.5. The first-order valence-corrected chi connectivity index (χ1v) is 9.38. The van der Waals surface area contributed by atoms with E-state index in [1.807, 2.05) is 0 Å². The SMILES string of the molecule is COC1CCN(C(=O)CCCCCN2C(=O)c3cccc([N+](=O)[O-])c3C2=O)C1. The van der Waals surface area contributed by atoms with Gasteiger partial charge in [-0.15, -0.1) is 0 Å². The number of ether oxygens (including phenoxy) is 1. The molecule has 1 aromatic rings. The van der Waals surface area contributed by atoms with Gasteiger partial charge in [-0.2, -0.15) is 0 Å². The van der Waals surface area contributed by atoms with Crippen molar-refractivity contribution in [3.05, 3.63) is 39.4 Å². The molecule has 150 valence electrons. The number of hydrogen-bond acceptors (Lipinski definition) is 6. The fraction of sp³-hybridized carbons (Fsp3) is 0.526. The maximum Gasteiger partial charge on any atom is 0.282 e. The molecule has 2 aliphatic heterocycles. The van der Waals surface area contributed by atoms with Gasteiger partial charge in [-0.25, -0.2) is 0 Å². The molecule has 0 saturated carbocycles. The lowest BCUT2D eigenvalue weighted by molar-refractivity contribution is -0.385. The van der Waals surface area contributed by atoms with E-state index in [0.717, 1.165) is 11.3 Å². The fourth-order valence-corrected chi connectivity index (χ4v) is 3.70. The highest BCUT2D eigenvalue weighted by atomic mass is 16.6. The smallest absolute Gasteiger partial charge is 0.282 e. The Morgan fingerprint density at radius 1 is 1.25 bits per heavy atom. The quantitative estimate of drug-likeness (QED) is 0.291. The van der Waals surface area contributed by atoms with Gasteiger partial charge in [0.05, 0.1) is 16.6 Å². The molecule has 1 unspecified atom stereocenters. The van der Waals surface area contributed by atoms with Crippen LogP contribution in [-0.4, -0.2) is 65.3 Å². The molecule has 9 heteroatoms. The van der Waals surface area contributed by atoms with E-state index in [9.17, 15) is 24.5 Å². The molecule has 1 saturated heterocycles. The topological polar surface area (TPSA) is 110 Å². The van der Waals surface area contributed by atoms with E-state index in [1.165, 1.54) is 18.2 Å². The number of rotatable bonds is 8. The van der Waals surface area contributed by atoms with E-state index in [-0.39, 0.29) is 35.4 Å². The molecule has 0 radical (unpaired) electrons. The summed E-state index contributed by atoms with van der Waals surface area (Å²) in [6, 6.07) is 4.07. The number of imide groups is 1. The van der Waals surface area contributed by atoms with Crippen molar-refractivity contribution in [3.63, 3.8) is 0 Å². The van der Waals surface area contributed by atoms with Gasteiger partial charge in [0.1, 0.15) is 5.56 Å². The van der Waals surface area contributed by atoms with Crippen LogP contribution < -0.4 is 0 Å². The van der Waals surface area contributed by atoms with E-state index in [4.69, 9.17) is 4.74 Å². The Hall–Kier alpha value is -2.81. The van der Waals surface area contributed by atoms with Crippen LogP contribution in [0.3, 0.4) is 0 Å². The number of carbonyl (C=O) groups is 3. The maximum atomic E-state index is 12.5. The predicted octanol–water partition coefficient (Wildman–Crippen LogP) is 2.00. The van der Waals surface area contributed by atoms with Crippen molar-refractivity contribution in [2.45, 2.75) is 38.2 Å². The lowest BCUT2D eigenvalue weighted by Crippen LogP contribution is -2.31. The van der Waals surface area contributed by atoms with Gasteiger partial charge in [-0.3, -0.25) is 29.4 Å². The van der Waals surface area contributed by atoms with E-state index in [1.54, 1.807) is 12.0 Å². The number of amides is 3. The van der Waals surface area contributed by atoms with Crippen LogP contribution in [0, 0.1) is 10.1 Å². The Bertz CT molecular complexity index is 809. The van der Waals surface area contributed by atoms with Crippen LogP contribution in [0.5, 0.6) is 0 Å². The van der Waals surface area contributed by atoms with E-state index in [0.29, 0.717) is 38.8 Å². The summed E-state index contributed by atoms with van der Waals surface area (Å²) in [4.78, 5) is 50.4. The molecule has 1 atom stereocenters. The number of nitro benzene ring substituents is 1. The van der Waals surface area contributed by atoms with Crippen molar-refractivity contribution >= 4 is 23.4 Å². The van der Waals surface area contributed by atoms with Gasteiger partial charge in [-0.1, -0.05) is 12.5 Å². The van der Waals surface area contributed by atoms with Gasteiger partial charge >= 0.3 is 0 Å². The third-order valence-corrected chi connectivity index (χ3v) is 5.28. The van der Waals surface area contributed by atoms with Gasteiger partial charge in [0.15, 0.2) is 0 Å². The summed E-state index contributed by atoms with van der Waals surface area (Å²) in [5.74, 6) is -1.02. The Kier molecular flexibility index (Phi) is 6.03. The van der Waals surface area contributed by atoms with E-state index in [2.05, 4.69) is 0 Å². The molecule has 3 rings (SSSR count). The molecule has 0 spiro atoms. The second kappa shape index (κ2) is 8.47. The Balaban J connectivity index is 1.46. The van der Waals surface area contributed by atoms with Crippen LogP contribution in [-0.2, 0) is 9.53 Å². The van der Waals surface area contributed by atoms with Crippen molar-refractivity contribution in [3.8, 4) is 0 Å². The second-order valence-electron chi connectivity index (χ2n) is 7.02. The second-order valence-corrected chi connectivity index (χ2v) is 7.02. The van der Waals surface area contributed by atoms with Gasteiger partial charge in [0, 0.05) is 39.2 Å². The molecule has 2 heterocycles. The standard InChI is InChI=1S/C19H23N3O6/c1-28-13-9-11-20(12-13)16(23)8-3-2-4-10-21-18(24)14-6-5-7-15(22(26)27)17(14)19(21)25/h5-7,13H,2-4,8-12H2,1H3. The molecule has 0 bridgehead atoms. The third-order valence-electron chi connectivity index (χ3n) is 5.28. The molecule has 0 aliphatic carbocycles. The van der Waals surface area contributed by atoms with Crippen molar-refractivity contribution in [1.82, 2.24) is 9.80 Å². The zero-order chi connectivity index (χ0) is 20.3. The zero-order valence-corrected chi connectivity index (χ0v) is 15.8. The van der Waals surface area contributed by atoms with Crippen molar-refractivity contribution in [2.75, 3.05) is 26.7 Å². The summed E-state index contributed by atoms with van der Waals surface area (Å²) in [6.07, 6.45) is 3.28. The first-order valence-electron chi connectivity index (χ1n) is 9.38. The highest BCUT2D eigenvalue weighted by Crippen LogP contribution is 2.30. The number of hydrogen-bond donors (Lipinski definition) is 0. The number of methoxy groups -OCH3 is 1. The molecule has 1 aromatic carbocycles. The summed E-state index contributed by atoms with van der Waals surface area (Å²) in [5, 5.41) is 11.1. The number of benzene rings is 1. The minimum Gasteiger partial charge on any atom is -0.380 e. The minimum absolute atomic E-state index is 0.0797. The number of nitro groups is 1. The summed E-state index contributed by atoms with van der Waals surface area (Å²) in [5.41, 5.74) is -0.394. The highest BCUT2D eigenvalue weighted by molar-refractivity contribution is 6.23. The third kappa shape index (κ3) is 3.89. The summed E-state index contributed by atoms with van der Waals surface area (Å²) in [6.45, 7) is 1.53. The Morgan fingerprint density at radius 3 is 2.71 bits per heavy atom. The number of carbonyl (C=O) groups excluding carboxylic acids is 3.